The molecule has 2 aromatic rings. The zero-order chi connectivity index (χ0) is 11.2. The van der Waals surface area contributed by atoms with E-state index >= 15 is 0 Å². The van der Waals surface area contributed by atoms with E-state index in [1.54, 1.807) is 26.0 Å². The second kappa shape index (κ2) is 3.41. The van der Waals surface area contributed by atoms with E-state index in [0.717, 1.165) is 9.09 Å². The van der Waals surface area contributed by atoms with Crippen molar-refractivity contribution in [1.29, 1.82) is 0 Å². The van der Waals surface area contributed by atoms with Crippen molar-refractivity contribution in [2.75, 3.05) is 0 Å². The van der Waals surface area contributed by atoms with E-state index in [1.165, 1.54) is 0 Å². The molecule has 0 spiro atoms. The predicted molar refractivity (Wildman–Crippen MR) is 64.0 cm³/mol. The number of benzene rings is 1. The van der Waals surface area contributed by atoms with Crippen molar-refractivity contribution < 1.29 is 9.50 Å². The molecule has 0 aliphatic carbocycles. The summed E-state index contributed by atoms with van der Waals surface area (Å²) in [5, 5.41) is 17.1. The van der Waals surface area contributed by atoms with Gasteiger partial charge in [0.25, 0.3) is 0 Å². The Kier molecular flexibility index (Phi) is 2.46. The second-order valence-corrected chi connectivity index (χ2v) is 5.00. The molecule has 0 bridgehead atoms. The molecule has 0 aliphatic heterocycles. The fourth-order valence-electron chi connectivity index (χ4n) is 1.49. The molecule has 3 nitrogen and oxygen atoms in total. The minimum absolute atomic E-state index is 0.262. The Labute approximate surface area is 99.8 Å². The SMILES string of the molecule is CC(C)(O)c1ccc2c(I)[nH]nc2c1F. The fraction of sp³-hybridized carbons (Fsp3) is 0.300. The van der Waals surface area contributed by atoms with Gasteiger partial charge in [-0.25, -0.2) is 4.39 Å². The van der Waals surface area contributed by atoms with Crippen molar-refractivity contribution in [3.63, 3.8) is 0 Å². The molecule has 0 unspecified atom stereocenters. The summed E-state index contributed by atoms with van der Waals surface area (Å²) in [6.07, 6.45) is 0. The summed E-state index contributed by atoms with van der Waals surface area (Å²) in [6, 6.07) is 3.35. The highest BCUT2D eigenvalue weighted by Gasteiger charge is 2.23. The van der Waals surface area contributed by atoms with Gasteiger partial charge in [-0.05, 0) is 42.5 Å². The quantitative estimate of drug-likeness (QED) is 0.794. The van der Waals surface area contributed by atoms with E-state index in [9.17, 15) is 9.50 Å². The lowest BCUT2D eigenvalue weighted by molar-refractivity contribution is 0.0748. The summed E-state index contributed by atoms with van der Waals surface area (Å²) in [6.45, 7) is 3.10. The van der Waals surface area contributed by atoms with E-state index in [1.807, 2.05) is 0 Å². The van der Waals surface area contributed by atoms with Crippen LogP contribution in [0.4, 0.5) is 4.39 Å². The van der Waals surface area contributed by atoms with Crippen LogP contribution in [0, 0.1) is 9.52 Å². The van der Waals surface area contributed by atoms with Gasteiger partial charge in [-0.3, -0.25) is 5.10 Å². The molecule has 1 aromatic heterocycles. The lowest BCUT2D eigenvalue weighted by atomic mass is 9.97. The van der Waals surface area contributed by atoms with Crippen LogP contribution in [0.2, 0.25) is 0 Å². The van der Waals surface area contributed by atoms with Crippen molar-refractivity contribution in [1.82, 2.24) is 10.2 Å². The van der Waals surface area contributed by atoms with Crippen LogP contribution in [0.1, 0.15) is 19.4 Å². The fourth-order valence-corrected chi connectivity index (χ4v) is 2.04. The van der Waals surface area contributed by atoms with Crippen molar-refractivity contribution >= 4 is 33.5 Å². The van der Waals surface area contributed by atoms with Crippen LogP contribution in [-0.2, 0) is 5.60 Å². The molecule has 0 atom stereocenters. The molecule has 15 heavy (non-hydrogen) atoms. The van der Waals surface area contributed by atoms with Crippen LogP contribution in [0.25, 0.3) is 10.9 Å². The standard InChI is InChI=1S/C10H10FIN2O/c1-10(2,15)6-4-3-5-8(7(6)11)13-14-9(5)12/h3-4,15H,1-2H3,(H,13,14). The number of aromatic amines is 1. The number of nitrogens with zero attached hydrogens (tertiary/aromatic N) is 1. The summed E-state index contributed by atoms with van der Waals surface area (Å²) in [4.78, 5) is 0. The maximum atomic E-state index is 13.9. The predicted octanol–water partition coefficient (Wildman–Crippen LogP) is 2.53. The molecule has 2 rings (SSSR count). The van der Waals surface area contributed by atoms with Crippen molar-refractivity contribution in [2.24, 2.45) is 0 Å². The lowest BCUT2D eigenvalue weighted by Gasteiger charge is -2.18. The van der Waals surface area contributed by atoms with E-state index in [4.69, 9.17) is 0 Å². The minimum Gasteiger partial charge on any atom is -0.386 e. The van der Waals surface area contributed by atoms with Crippen molar-refractivity contribution in [3.05, 3.63) is 27.2 Å². The van der Waals surface area contributed by atoms with E-state index in [0.29, 0.717) is 0 Å². The average Bonchev–Trinajstić information content (AvgIpc) is 2.47. The van der Waals surface area contributed by atoms with Crippen molar-refractivity contribution in [2.45, 2.75) is 19.4 Å². The van der Waals surface area contributed by atoms with Gasteiger partial charge in [0.05, 0.1) is 5.60 Å². The van der Waals surface area contributed by atoms with Gasteiger partial charge in [-0.2, -0.15) is 5.10 Å². The second-order valence-electron chi connectivity index (χ2n) is 3.92. The van der Waals surface area contributed by atoms with Crippen LogP contribution < -0.4 is 0 Å². The number of halogens is 2. The molecule has 0 amide bonds. The molecule has 5 heteroatoms. The third kappa shape index (κ3) is 1.74. The molecule has 1 heterocycles. The molecule has 0 saturated carbocycles. The zero-order valence-electron chi connectivity index (χ0n) is 8.31. The number of nitrogens with one attached hydrogen (secondary N) is 1. The minimum atomic E-state index is -1.19. The number of rotatable bonds is 1. The van der Waals surface area contributed by atoms with Crippen LogP contribution >= 0.6 is 22.6 Å². The van der Waals surface area contributed by atoms with Gasteiger partial charge in [-0.15, -0.1) is 0 Å². The Hall–Kier alpha value is -0.690. The maximum Gasteiger partial charge on any atom is 0.157 e. The summed E-state index contributed by atoms with van der Waals surface area (Å²) in [5.74, 6) is -0.459. The van der Waals surface area contributed by atoms with Crippen LogP contribution in [0.3, 0.4) is 0 Å². The molecule has 0 saturated heterocycles. The Bertz CT molecular complexity index is 516. The largest absolute Gasteiger partial charge is 0.386 e. The number of fused-ring (bicyclic) bond motifs is 1. The topological polar surface area (TPSA) is 48.9 Å². The molecule has 0 aliphatic rings. The Morgan fingerprint density at radius 1 is 1.47 bits per heavy atom. The zero-order valence-corrected chi connectivity index (χ0v) is 10.5. The average molecular weight is 320 g/mol. The van der Waals surface area contributed by atoms with E-state index in [-0.39, 0.29) is 11.1 Å². The van der Waals surface area contributed by atoms with Gasteiger partial charge >= 0.3 is 0 Å². The molecule has 1 aromatic carbocycles. The first-order valence-corrected chi connectivity index (χ1v) is 5.54. The van der Waals surface area contributed by atoms with Crippen LogP contribution in [0.5, 0.6) is 0 Å². The Morgan fingerprint density at radius 3 is 2.73 bits per heavy atom. The highest BCUT2D eigenvalue weighted by molar-refractivity contribution is 14.1. The van der Waals surface area contributed by atoms with Gasteiger partial charge in [0.1, 0.15) is 9.22 Å². The number of aromatic nitrogens is 2. The summed E-state index contributed by atoms with van der Waals surface area (Å²) in [5.41, 5.74) is -0.653. The van der Waals surface area contributed by atoms with Gasteiger partial charge in [0, 0.05) is 10.9 Å². The Morgan fingerprint density at radius 2 is 2.13 bits per heavy atom. The summed E-state index contributed by atoms with van der Waals surface area (Å²) < 4.78 is 14.7. The first-order chi connectivity index (χ1) is 6.91. The highest BCUT2D eigenvalue weighted by atomic mass is 127. The molecular formula is C10H10FIN2O. The normalized spacial score (nSPS) is 12.3. The molecule has 0 fully saturated rings. The number of hydrogen-bond acceptors (Lipinski definition) is 2. The first-order valence-electron chi connectivity index (χ1n) is 4.46. The van der Waals surface area contributed by atoms with E-state index < -0.39 is 11.4 Å². The number of aliphatic hydroxyl groups is 1. The molecular weight excluding hydrogens is 310 g/mol. The third-order valence-corrected chi connectivity index (χ3v) is 3.10. The lowest BCUT2D eigenvalue weighted by Crippen LogP contribution is -2.17. The molecule has 80 valence electrons. The van der Waals surface area contributed by atoms with E-state index in [2.05, 4.69) is 32.8 Å². The molecule has 2 N–H and O–H groups in total. The van der Waals surface area contributed by atoms with Gasteiger partial charge in [0.15, 0.2) is 5.82 Å². The Balaban J connectivity index is 2.77. The third-order valence-electron chi connectivity index (χ3n) is 2.28. The summed E-state index contributed by atoms with van der Waals surface area (Å²) >= 11 is 2.06. The van der Waals surface area contributed by atoms with Crippen molar-refractivity contribution in [3.8, 4) is 0 Å². The van der Waals surface area contributed by atoms with Crippen LogP contribution in [0.15, 0.2) is 12.1 Å². The number of H-pyrrole nitrogens is 1. The first kappa shape index (κ1) is 10.8. The highest BCUT2D eigenvalue weighted by Crippen LogP contribution is 2.29. The molecule has 0 radical (unpaired) electrons. The maximum absolute atomic E-state index is 13.9. The monoisotopic (exact) mass is 320 g/mol. The van der Waals surface area contributed by atoms with Gasteiger partial charge < -0.3 is 5.11 Å². The summed E-state index contributed by atoms with van der Waals surface area (Å²) in [7, 11) is 0. The van der Waals surface area contributed by atoms with Crippen LogP contribution in [-0.4, -0.2) is 15.3 Å². The van der Waals surface area contributed by atoms with Gasteiger partial charge in [0.2, 0.25) is 0 Å². The number of hydrogen-bond donors (Lipinski definition) is 2. The smallest absolute Gasteiger partial charge is 0.157 e. The van der Waals surface area contributed by atoms with Gasteiger partial charge in [-0.1, -0.05) is 6.07 Å².